The molecule has 1 N–H and O–H groups in total. The van der Waals surface area contributed by atoms with Crippen LogP contribution in [-0.4, -0.2) is 5.21 Å². The monoisotopic (exact) mass is 247 g/mol. The molecule has 1 heterocycles. The molecule has 0 fully saturated rings. The Morgan fingerprint density at radius 1 is 0.947 bits per heavy atom. The fourth-order valence-corrected chi connectivity index (χ4v) is 2.12. The summed E-state index contributed by atoms with van der Waals surface area (Å²) in [6, 6.07) is 17.7. The van der Waals surface area contributed by atoms with Gasteiger partial charge in [-0.15, -0.1) is 0 Å². The lowest BCUT2D eigenvalue weighted by atomic mass is 9.95. The third-order valence-corrected chi connectivity index (χ3v) is 3.08. The molecule has 0 saturated heterocycles. The molecule has 2 nitrogen and oxygen atoms in total. The molecular weight excluding hydrogens is 234 g/mol. The number of rotatable bonds is 0. The molecule has 3 rings (SSSR count). The van der Waals surface area contributed by atoms with Crippen LogP contribution in [0.2, 0.25) is 0 Å². The van der Waals surface area contributed by atoms with E-state index >= 15 is 0 Å². The van der Waals surface area contributed by atoms with E-state index in [9.17, 15) is 5.21 Å². The van der Waals surface area contributed by atoms with Crippen LogP contribution in [-0.2, 0) is 0 Å². The first-order valence-corrected chi connectivity index (χ1v) is 6.16. The van der Waals surface area contributed by atoms with Gasteiger partial charge in [0, 0.05) is 11.8 Å². The maximum atomic E-state index is 9.76. The molecule has 0 bridgehead atoms. The molecule has 2 heteroatoms. The van der Waals surface area contributed by atoms with Gasteiger partial charge < -0.3 is 0 Å². The zero-order valence-corrected chi connectivity index (χ0v) is 10.3. The Kier molecular flexibility index (Phi) is 3.06. The second kappa shape index (κ2) is 5.01. The third-order valence-electron chi connectivity index (χ3n) is 3.08. The van der Waals surface area contributed by atoms with E-state index in [4.69, 9.17) is 0 Å². The van der Waals surface area contributed by atoms with Gasteiger partial charge in [-0.2, -0.15) is 0 Å². The molecule has 0 aliphatic carbocycles. The first-order chi connectivity index (χ1) is 9.34. The third kappa shape index (κ3) is 2.37. The van der Waals surface area contributed by atoms with Crippen LogP contribution in [0.4, 0.5) is 5.69 Å². The van der Waals surface area contributed by atoms with E-state index in [0.717, 1.165) is 21.9 Å². The van der Waals surface area contributed by atoms with Crippen molar-refractivity contribution in [3.8, 4) is 11.8 Å². The van der Waals surface area contributed by atoms with Crippen LogP contribution >= 0.6 is 0 Å². The summed E-state index contributed by atoms with van der Waals surface area (Å²) in [5.74, 6) is 6.42. The number of nitrogens with zero attached hydrogens (tertiary/aromatic N) is 1. The quantitative estimate of drug-likeness (QED) is 0.720. The molecule has 0 spiro atoms. The van der Waals surface area contributed by atoms with E-state index in [1.54, 1.807) is 6.20 Å². The van der Waals surface area contributed by atoms with Gasteiger partial charge in [0.05, 0.1) is 11.6 Å². The van der Waals surface area contributed by atoms with Gasteiger partial charge in [0.15, 0.2) is 0 Å². The Labute approximate surface area is 112 Å². The second-order valence-corrected chi connectivity index (χ2v) is 4.36. The lowest BCUT2D eigenvalue weighted by Gasteiger charge is -2.23. The summed E-state index contributed by atoms with van der Waals surface area (Å²) in [7, 11) is 0. The van der Waals surface area contributed by atoms with Crippen LogP contribution < -0.4 is 5.06 Å². The maximum Gasteiger partial charge on any atom is 0.0733 e. The topological polar surface area (TPSA) is 23.5 Å². The van der Waals surface area contributed by atoms with Crippen LogP contribution in [0.3, 0.4) is 0 Å². The van der Waals surface area contributed by atoms with E-state index in [2.05, 4.69) is 11.8 Å². The van der Waals surface area contributed by atoms with Crippen LogP contribution in [0.25, 0.3) is 0 Å². The molecule has 0 radical (unpaired) electrons. The van der Waals surface area contributed by atoms with Crippen molar-refractivity contribution >= 4 is 5.69 Å². The summed E-state index contributed by atoms with van der Waals surface area (Å²) >= 11 is 0. The summed E-state index contributed by atoms with van der Waals surface area (Å²) in [5, 5.41) is 10.9. The smallest absolute Gasteiger partial charge is 0.0733 e. The predicted octanol–water partition coefficient (Wildman–Crippen LogP) is 3.54. The van der Waals surface area contributed by atoms with E-state index in [1.807, 2.05) is 60.7 Å². The molecule has 19 heavy (non-hydrogen) atoms. The Morgan fingerprint density at radius 2 is 1.68 bits per heavy atom. The van der Waals surface area contributed by atoms with Crippen molar-refractivity contribution in [2.45, 2.75) is 5.92 Å². The molecule has 0 aromatic heterocycles. The number of fused-ring (bicyclic) bond motifs is 1. The van der Waals surface area contributed by atoms with Gasteiger partial charge in [-0.25, -0.2) is 5.06 Å². The Morgan fingerprint density at radius 3 is 2.53 bits per heavy atom. The number of para-hydroxylation sites is 1. The summed E-state index contributed by atoms with van der Waals surface area (Å²) in [4.78, 5) is 0. The number of allylic oxidation sites excluding steroid dienone is 1. The number of hydrogen-bond donors (Lipinski definition) is 1. The van der Waals surface area contributed by atoms with Crippen LogP contribution in [0.1, 0.15) is 17.0 Å². The highest BCUT2D eigenvalue weighted by Crippen LogP contribution is 2.31. The maximum absolute atomic E-state index is 9.76. The highest BCUT2D eigenvalue weighted by atomic mass is 16.5. The van der Waals surface area contributed by atoms with Crippen molar-refractivity contribution in [1.82, 2.24) is 0 Å². The summed E-state index contributed by atoms with van der Waals surface area (Å²) < 4.78 is 0. The summed E-state index contributed by atoms with van der Waals surface area (Å²) in [6.45, 7) is 0. The lowest BCUT2D eigenvalue weighted by molar-refractivity contribution is 0.293. The molecule has 0 saturated carbocycles. The van der Waals surface area contributed by atoms with Crippen molar-refractivity contribution in [2.24, 2.45) is 0 Å². The molecule has 1 atom stereocenters. The first kappa shape index (κ1) is 11.6. The van der Waals surface area contributed by atoms with Gasteiger partial charge in [-0.3, -0.25) is 5.21 Å². The first-order valence-electron chi connectivity index (χ1n) is 6.16. The van der Waals surface area contributed by atoms with E-state index < -0.39 is 0 Å². The van der Waals surface area contributed by atoms with Gasteiger partial charge in [-0.05, 0) is 29.8 Å². The fraction of sp³-hybridized carbons (Fsp3) is 0.0588. The molecule has 92 valence electrons. The van der Waals surface area contributed by atoms with Gasteiger partial charge >= 0.3 is 0 Å². The number of anilines is 1. The lowest BCUT2D eigenvalue weighted by Crippen LogP contribution is -2.16. The van der Waals surface area contributed by atoms with Crippen molar-refractivity contribution in [3.05, 3.63) is 78.0 Å². The minimum absolute atomic E-state index is 0.0137. The van der Waals surface area contributed by atoms with Gasteiger partial charge in [0.2, 0.25) is 0 Å². The van der Waals surface area contributed by atoms with Gasteiger partial charge in [0.25, 0.3) is 0 Å². The largest absolute Gasteiger partial charge is 0.284 e. The number of hydrogen-bond acceptors (Lipinski definition) is 2. The second-order valence-electron chi connectivity index (χ2n) is 4.36. The normalized spacial score (nSPS) is 16.5. The van der Waals surface area contributed by atoms with E-state index in [1.165, 1.54) is 0 Å². The molecule has 1 aliphatic heterocycles. The summed E-state index contributed by atoms with van der Waals surface area (Å²) in [6.07, 6.45) is 3.55. The average Bonchev–Trinajstić information content (AvgIpc) is 2.48. The predicted molar refractivity (Wildman–Crippen MR) is 75.9 cm³/mol. The number of benzene rings is 2. The SMILES string of the molecule is ON1C=CC(C#Cc2ccccc2)c2ccccc21. The Bertz CT molecular complexity index is 664. The van der Waals surface area contributed by atoms with Crippen LogP contribution in [0.5, 0.6) is 0 Å². The van der Waals surface area contributed by atoms with E-state index in [0.29, 0.717) is 0 Å². The minimum atomic E-state index is 0.0137. The average molecular weight is 247 g/mol. The van der Waals surface area contributed by atoms with Crippen LogP contribution in [0, 0.1) is 11.8 Å². The van der Waals surface area contributed by atoms with Crippen molar-refractivity contribution in [1.29, 1.82) is 0 Å². The van der Waals surface area contributed by atoms with Crippen molar-refractivity contribution in [2.75, 3.05) is 5.06 Å². The Hall–Kier alpha value is -2.50. The fourth-order valence-electron chi connectivity index (χ4n) is 2.12. The highest BCUT2D eigenvalue weighted by Gasteiger charge is 2.17. The van der Waals surface area contributed by atoms with Gasteiger partial charge in [0.1, 0.15) is 0 Å². The molecular formula is C17H13NO. The molecule has 0 amide bonds. The van der Waals surface area contributed by atoms with E-state index in [-0.39, 0.29) is 5.92 Å². The molecule has 1 unspecified atom stereocenters. The zero-order valence-electron chi connectivity index (χ0n) is 10.3. The van der Waals surface area contributed by atoms with Crippen LogP contribution in [0.15, 0.2) is 66.9 Å². The molecule has 1 aliphatic rings. The van der Waals surface area contributed by atoms with Crippen molar-refractivity contribution < 1.29 is 5.21 Å². The molecule has 2 aromatic carbocycles. The minimum Gasteiger partial charge on any atom is -0.284 e. The Balaban J connectivity index is 1.95. The summed E-state index contributed by atoms with van der Waals surface area (Å²) in [5.41, 5.74) is 2.81. The van der Waals surface area contributed by atoms with Gasteiger partial charge in [-0.1, -0.05) is 48.2 Å². The molecule has 2 aromatic rings. The standard InChI is InChI=1S/C17H13NO/c19-18-13-12-15(16-8-4-5-9-17(16)18)11-10-14-6-2-1-3-7-14/h1-9,12-13,15,19H. The van der Waals surface area contributed by atoms with Crippen molar-refractivity contribution in [3.63, 3.8) is 0 Å². The zero-order chi connectivity index (χ0) is 13.1. The highest BCUT2D eigenvalue weighted by molar-refractivity contribution is 5.61. The number of hydroxylamine groups is 1.